The normalized spacial score (nSPS) is 12.9. The van der Waals surface area contributed by atoms with Crippen LogP contribution in [0.15, 0.2) is 35.8 Å². The maximum Gasteiger partial charge on any atom is 0.127 e. The van der Waals surface area contributed by atoms with Crippen molar-refractivity contribution in [1.29, 1.82) is 0 Å². The molecule has 0 aliphatic heterocycles. The average molecular weight is 273 g/mol. The van der Waals surface area contributed by atoms with Crippen LogP contribution in [-0.4, -0.2) is 14.9 Å². The van der Waals surface area contributed by atoms with Gasteiger partial charge in [0.05, 0.1) is 12.3 Å². The molecule has 0 radical (unpaired) electrons. The quantitative estimate of drug-likeness (QED) is 0.770. The molecule has 4 nitrogen and oxygen atoms in total. The van der Waals surface area contributed by atoms with Gasteiger partial charge in [-0.3, -0.25) is 4.68 Å². The largest absolute Gasteiger partial charge is 0.388 e. The Hall–Kier alpha value is -1.85. The van der Waals surface area contributed by atoms with Gasteiger partial charge in [-0.05, 0) is 22.4 Å². The Kier molecular flexibility index (Phi) is 3.00. The van der Waals surface area contributed by atoms with Gasteiger partial charge in [0.25, 0.3) is 0 Å². The summed E-state index contributed by atoms with van der Waals surface area (Å²) >= 11 is 1.70. The second-order valence-corrected chi connectivity index (χ2v) is 5.50. The third-order valence-corrected chi connectivity index (χ3v) is 4.36. The zero-order valence-electron chi connectivity index (χ0n) is 10.6. The van der Waals surface area contributed by atoms with Crippen molar-refractivity contribution in [3.05, 3.63) is 47.0 Å². The van der Waals surface area contributed by atoms with Crippen LogP contribution < -0.4 is 5.73 Å². The van der Waals surface area contributed by atoms with Gasteiger partial charge >= 0.3 is 0 Å². The molecule has 2 heterocycles. The second-order valence-electron chi connectivity index (χ2n) is 4.59. The van der Waals surface area contributed by atoms with E-state index in [0.29, 0.717) is 17.8 Å². The van der Waals surface area contributed by atoms with Gasteiger partial charge in [-0.1, -0.05) is 18.2 Å². The van der Waals surface area contributed by atoms with Crippen molar-refractivity contribution in [3.8, 4) is 0 Å². The minimum absolute atomic E-state index is 0.520. The molecule has 3 aromatic rings. The lowest BCUT2D eigenvalue weighted by atomic mass is 10.0. The molecule has 1 unspecified atom stereocenters. The van der Waals surface area contributed by atoms with Crippen molar-refractivity contribution in [3.63, 3.8) is 0 Å². The van der Waals surface area contributed by atoms with E-state index in [0.717, 1.165) is 5.56 Å². The molecule has 0 bridgehead atoms. The molecule has 98 valence electrons. The van der Waals surface area contributed by atoms with Crippen LogP contribution in [0.3, 0.4) is 0 Å². The molecule has 0 spiro atoms. The lowest BCUT2D eigenvalue weighted by molar-refractivity contribution is 0.179. The molecule has 1 atom stereocenters. The van der Waals surface area contributed by atoms with E-state index in [1.807, 2.05) is 12.1 Å². The highest BCUT2D eigenvalue weighted by Gasteiger charge is 2.16. The summed E-state index contributed by atoms with van der Waals surface area (Å²) in [4.78, 5) is 0. The lowest BCUT2D eigenvalue weighted by Gasteiger charge is -2.09. The third kappa shape index (κ3) is 2.11. The Balaban J connectivity index is 1.91. The Labute approximate surface area is 115 Å². The highest BCUT2D eigenvalue weighted by atomic mass is 32.1. The van der Waals surface area contributed by atoms with Crippen molar-refractivity contribution in [2.75, 3.05) is 5.73 Å². The van der Waals surface area contributed by atoms with E-state index in [-0.39, 0.29) is 0 Å². The molecule has 0 saturated carbocycles. The maximum absolute atomic E-state index is 10.3. The van der Waals surface area contributed by atoms with Gasteiger partial charge in [-0.2, -0.15) is 5.10 Å². The number of aliphatic hydroxyl groups is 1. The van der Waals surface area contributed by atoms with Gasteiger partial charge in [0.2, 0.25) is 0 Å². The van der Waals surface area contributed by atoms with E-state index in [1.165, 1.54) is 10.1 Å². The standard InChI is InChI=1S/C14H15N3OS/c1-17-14(15)11(7-16-17)12(18)6-9-8-19-13-5-3-2-4-10(9)13/h2-5,7-8,12,18H,6,15H2,1H3. The number of benzene rings is 1. The number of thiophene rings is 1. The van der Waals surface area contributed by atoms with Crippen LogP contribution in [0, 0.1) is 0 Å². The molecule has 2 aromatic heterocycles. The number of aryl methyl sites for hydroxylation is 1. The molecule has 0 aliphatic carbocycles. The van der Waals surface area contributed by atoms with Gasteiger partial charge in [0, 0.05) is 23.7 Å². The molecule has 1 aromatic carbocycles. The van der Waals surface area contributed by atoms with E-state index >= 15 is 0 Å². The minimum Gasteiger partial charge on any atom is -0.388 e. The van der Waals surface area contributed by atoms with Gasteiger partial charge in [-0.15, -0.1) is 11.3 Å². The SMILES string of the molecule is Cn1ncc(C(O)Cc2csc3ccccc23)c1N. The van der Waals surface area contributed by atoms with Crippen LogP contribution in [0.5, 0.6) is 0 Å². The van der Waals surface area contributed by atoms with Crippen molar-refractivity contribution < 1.29 is 5.11 Å². The van der Waals surface area contributed by atoms with Gasteiger partial charge < -0.3 is 10.8 Å². The minimum atomic E-state index is -0.619. The first-order valence-electron chi connectivity index (χ1n) is 6.07. The van der Waals surface area contributed by atoms with Gasteiger partial charge in [0.1, 0.15) is 5.82 Å². The van der Waals surface area contributed by atoms with Crippen molar-refractivity contribution in [2.24, 2.45) is 7.05 Å². The zero-order chi connectivity index (χ0) is 13.4. The fraction of sp³-hybridized carbons (Fsp3) is 0.214. The predicted octanol–water partition coefficient (Wildman–Crippen LogP) is 2.49. The fourth-order valence-electron chi connectivity index (χ4n) is 2.23. The number of anilines is 1. The molecule has 3 rings (SSSR count). The third-order valence-electron chi connectivity index (χ3n) is 3.35. The molecule has 3 N–H and O–H groups in total. The molecule has 5 heteroatoms. The summed E-state index contributed by atoms with van der Waals surface area (Å²) in [6, 6.07) is 8.22. The zero-order valence-corrected chi connectivity index (χ0v) is 11.4. The molecular formula is C14H15N3OS. The number of nitrogens with zero attached hydrogens (tertiary/aromatic N) is 2. The molecule has 19 heavy (non-hydrogen) atoms. The first kappa shape index (κ1) is 12.2. The average Bonchev–Trinajstić information content (AvgIpc) is 2.96. The summed E-state index contributed by atoms with van der Waals surface area (Å²) in [6.07, 6.45) is 1.57. The van der Waals surface area contributed by atoms with E-state index < -0.39 is 6.10 Å². The van der Waals surface area contributed by atoms with Gasteiger partial charge in [0.15, 0.2) is 0 Å². The number of rotatable bonds is 3. The predicted molar refractivity (Wildman–Crippen MR) is 78.1 cm³/mol. The van der Waals surface area contributed by atoms with Crippen molar-refractivity contribution in [2.45, 2.75) is 12.5 Å². The molecular weight excluding hydrogens is 258 g/mol. The summed E-state index contributed by atoms with van der Waals surface area (Å²) in [5.41, 5.74) is 7.73. The molecule has 0 amide bonds. The summed E-state index contributed by atoms with van der Waals surface area (Å²) in [6.45, 7) is 0. The van der Waals surface area contributed by atoms with E-state index in [2.05, 4.69) is 22.6 Å². The smallest absolute Gasteiger partial charge is 0.127 e. The summed E-state index contributed by atoms with van der Waals surface area (Å²) < 4.78 is 2.81. The Bertz CT molecular complexity index is 716. The lowest BCUT2D eigenvalue weighted by Crippen LogP contribution is -2.05. The summed E-state index contributed by atoms with van der Waals surface area (Å²) in [5, 5.41) is 17.7. The number of nitrogen functional groups attached to an aromatic ring is 1. The molecule has 0 saturated heterocycles. The fourth-order valence-corrected chi connectivity index (χ4v) is 3.21. The molecule has 0 fully saturated rings. The number of fused-ring (bicyclic) bond motifs is 1. The number of aliphatic hydroxyl groups excluding tert-OH is 1. The van der Waals surface area contributed by atoms with Crippen LogP contribution in [0.1, 0.15) is 17.2 Å². The monoisotopic (exact) mass is 273 g/mol. The van der Waals surface area contributed by atoms with Crippen molar-refractivity contribution in [1.82, 2.24) is 9.78 Å². The summed E-state index contributed by atoms with van der Waals surface area (Å²) in [5.74, 6) is 0.520. The van der Waals surface area contributed by atoms with E-state index in [4.69, 9.17) is 5.73 Å². The second kappa shape index (κ2) is 4.68. The number of hydrogen-bond donors (Lipinski definition) is 2. The maximum atomic E-state index is 10.3. The highest BCUT2D eigenvalue weighted by molar-refractivity contribution is 7.17. The Morgan fingerprint density at radius 2 is 2.21 bits per heavy atom. The Morgan fingerprint density at radius 3 is 2.95 bits per heavy atom. The van der Waals surface area contributed by atoms with E-state index in [9.17, 15) is 5.11 Å². The van der Waals surface area contributed by atoms with Crippen molar-refractivity contribution >= 4 is 27.2 Å². The van der Waals surface area contributed by atoms with E-state index in [1.54, 1.807) is 29.3 Å². The number of nitrogens with two attached hydrogens (primary N) is 1. The topological polar surface area (TPSA) is 64.1 Å². The van der Waals surface area contributed by atoms with Crippen LogP contribution in [-0.2, 0) is 13.5 Å². The van der Waals surface area contributed by atoms with Gasteiger partial charge in [-0.25, -0.2) is 0 Å². The van der Waals surface area contributed by atoms with Crippen LogP contribution in [0.4, 0.5) is 5.82 Å². The van der Waals surface area contributed by atoms with Crippen LogP contribution >= 0.6 is 11.3 Å². The molecule has 0 aliphatic rings. The summed E-state index contributed by atoms with van der Waals surface area (Å²) in [7, 11) is 1.77. The number of hydrogen-bond acceptors (Lipinski definition) is 4. The van der Waals surface area contributed by atoms with Crippen LogP contribution in [0.25, 0.3) is 10.1 Å². The number of aromatic nitrogens is 2. The Morgan fingerprint density at radius 1 is 1.42 bits per heavy atom. The first-order chi connectivity index (χ1) is 9.16. The van der Waals surface area contributed by atoms with Crippen LogP contribution in [0.2, 0.25) is 0 Å². The highest BCUT2D eigenvalue weighted by Crippen LogP contribution is 2.30. The first-order valence-corrected chi connectivity index (χ1v) is 6.95.